The van der Waals surface area contributed by atoms with Crippen LogP contribution < -0.4 is 4.74 Å². The van der Waals surface area contributed by atoms with E-state index in [0.717, 1.165) is 45.5 Å². The Kier molecular flexibility index (Phi) is 4.98. The molecule has 0 amide bonds. The minimum Gasteiger partial charge on any atom is -0.497 e. The maximum Gasteiger partial charge on any atom is 0.163 e. The van der Waals surface area contributed by atoms with E-state index < -0.39 is 0 Å². The van der Waals surface area contributed by atoms with Crippen LogP contribution in [0.15, 0.2) is 83.9 Å². The zero-order chi connectivity index (χ0) is 22.2. The summed E-state index contributed by atoms with van der Waals surface area (Å²) in [5.74, 6) is 2.07. The van der Waals surface area contributed by atoms with Crippen molar-refractivity contribution in [2.45, 2.75) is 13.0 Å². The maximum atomic E-state index is 13.6. The van der Waals surface area contributed by atoms with Crippen molar-refractivity contribution in [3.05, 3.63) is 107 Å². The molecule has 0 bridgehead atoms. The SMILES string of the molecule is COc1ccc(C2c3c(C)nn(-c4ccccc4)c3N=C(c3ccc(F)cc3)N2C)cc1. The quantitative estimate of drug-likeness (QED) is 0.436. The molecular formula is C26H23FN4O. The lowest BCUT2D eigenvalue weighted by atomic mass is 9.94. The van der Waals surface area contributed by atoms with Gasteiger partial charge in [-0.2, -0.15) is 5.10 Å². The predicted molar refractivity (Wildman–Crippen MR) is 123 cm³/mol. The highest BCUT2D eigenvalue weighted by Crippen LogP contribution is 2.42. The molecule has 160 valence electrons. The van der Waals surface area contributed by atoms with E-state index in [4.69, 9.17) is 14.8 Å². The zero-order valence-electron chi connectivity index (χ0n) is 18.2. The Hall–Kier alpha value is -3.93. The minimum absolute atomic E-state index is 0.106. The number of halogens is 1. The number of aromatic nitrogens is 2. The number of fused-ring (bicyclic) bond motifs is 1. The molecule has 32 heavy (non-hydrogen) atoms. The smallest absolute Gasteiger partial charge is 0.163 e. The number of aliphatic imine (C=N–C) groups is 1. The van der Waals surface area contributed by atoms with Crippen LogP contribution in [0.1, 0.15) is 28.4 Å². The van der Waals surface area contributed by atoms with E-state index in [1.165, 1.54) is 12.1 Å². The van der Waals surface area contributed by atoms with Gasteiger partial charge in [0.2, 0.25) is 0 Å². The summed E-state index contributed by atoms with van der Waals surface area (Å²) >= 11 is 0. The van der Waals surface area contributed by atoms with Gasteiger partial charge in [-0.1, -0.05) is 30.3 Å². The fraction of sp³-hybridized carbons (Fsp3) is 0.154. The predicted octanol–water partition coefficient (Wildman–Crippen LogP) is 5.44. The van der Waals surface area contributed by atoms with E-state index in [0.29, 0.717) is 0 Å². The van der Waals surface area contributed by atoms with Gasteiger partial charge < -0.3 is 9.64 Å². The number of amidine groups is 1. The molecule has 0 fully saturated rings. The number of aryl methyl sites for hydroxylation is 1. The van der Waals surface area contributed by atoms with Gasteiger partial charge in [-0.05, 0) is 61.0 Å². The lowest BCUT2D eigenvalue weighted by molar-refractivity contribution is 0.409. The fourth-order valence-corrected chi connectivity index (χ4v) is 4.24. The third-order valence-corrected chi connectivity index (χ3v) is 5.82. The number of nitrogens with zero attached hydrogens (tertiary/aromatic N) is 4. The van der Waals surface area contributed by atoms with Crippen LogP contribution in [0.25, 0.3) is 5.69 Å². The minimum atomic E-state index is -0.273. The van der Waals surface area contributed by atoms with Crippen molar-refractivity contribution in [1.29, 1.82) is 0 Å². The highest BCUT2D eigenvalue weighted by molar-refractivity contribution is 6.02. The number of para-hydroxylation sites is 1. The van der Waals surface area contributed by atoms with Crippen molar-refractivity contribution in [2.75, 3.05) is 14.2 Å². The summed E-state index contributed by atoms with van der Waals surface area (Å²) in [6.07, 6.45) is 0. The van der Waals surface area contributed by atoms with Gasteiger partial charge in [0.25, 0.3) is 0 Å². The van der Waals surface area contributed by atoms with Gasteiger partial charge in [0, 0.05) is 18.2 Å². The van der Waals surface area contributed by atoms with E-state index in [9.17, 15) is 4.39 Å². The molecule has 0 N–H and O–H groups in total. The molecule has 1 aliphatic heterocycles. The van der Waals surface area contributed by atoms with Gasteiger partial charge in [0.1, 0.15) is 17.4 Å². The molecule has 4 aromatic rings. The summed E-state index contributed by atoms with van der Waals surface area (Å²) < 4.78 is 20.8. The van der Waals surface area contributed by atoms with E-state index in [1.807, 2.05) is 61.1 Å². The van der Waals surface area contributed by atoms with E-state index in [1.54, 1.807) is 19.2 Å². The first kappa shape index (κ1) is 20.0. The van der Waals surface area contributed by atoms with Crippen molar-refractivity contribution < 1.29 is 9.13 Å². The third kappa shape index (κ3) is 3.34. The summed E-state index contributed by atoms with van der Waals surface area (Å²) in [5, 5.41) is 4.85. The second-order valence-electron chi connectivity index (χ2n) is 7.80. The summed E-state index contributed by atoms with van der Waals surface area (Å²) in [7, 11) is 3.67. The Bertz CT molecular complexity index is 1280. The van der Waals surface area contributed by atoms with Gasteiger partial charge in [0.05, 0.1) is 24.5 Å². The van der Waals surface area contributed by atoms with E-state index >= 15 is 0 Å². The van der Waals surface area contributed by atoms with Gasteiger partial charge in [-0.3, -0.25) is 0 Å². The standard InChI is InChI=1S/C26H23FN4O/c1-17-23-24(18-11-15-22(32-3)16-12-18)30(2)25(19-9-13-20(27)14-10-19)28-26(23)31(29-17)21-7-5-4-6-8-21/h4-16,24H,1-3H3. The molecule has 1 aliphatic rings. The first-order valence-electron chi connectivity index (χ1n) is 10.4. The molecule has 5 rings (SSSR count). The average Bonchev–Trinajstić information content (AvgIpc) is 3.16. The molecular weight excluding hydrogens is 403 g/mol. The summed E-state index contributed by atoms with van der Waals surface area (Å²) in [6, 6.07) is 24.4. The van der Waals surface area contributed by atoms with Crippen molar-refractivity contribution in [2.24, 2.45) is 4.99 Å². The van der Waals surface area contributed by atoms with E-state index in [2.05, 4.69) is 17.0 Å². The number of hydrogen-bond donors (Lipinski definition) is 0. The maximum absolute atomic E-state index is 13.6. The average molecular weight is 426 g/mol. The van der Waals surface area contributed by atoms with Crippen LogP contribution in [0.4, 0.5) is 10.2 Å². The van der Waals surface area contributed by atoms with Crippen LogP contribution >= 0.6 is 0 Å². The lowest BCUT2D eigenvalue weighted by Crippen LogP contribution is -2.35. The molecule has 2 heterocycles. The topological polar surface area (TPSA) is 42.6 Å². The van der Waals surface area contributed by atoms with E-state index in [-0.39, 0.29) is 11.9 Å². The van der Waals surface area contributed by atoms with Crippen LogP contribution in [0.5, 0.6) is 5.75 Å². The monoisotopic (exact) mass is 426 g/mol. The molecule has 0 saturated carbocycles. The molecule has 0 saturated heterocycles. The van der Waals surface area contributed by atoms with Crippen molar-refractivity contribution in [3.63, 3.8) is 0 Å². The zero-order valence-corrected chi connectivity index (χ0v) is 18.2. The van der Waals surface area contributed by atoms with Crippen molar-refractivity contribution in [3.8, 4) is 11.4 Å². The van der Waals surface area contributed by atoms with Gasteiger partial charge in [0.15, 0.2) is 5.82 Å². The molecule has 0 radical (unpaired) electrons. The largest absolute Gasteiger partial charge is 0.497 e. The van der Waals surface area contributed by atoms with Crippen LogP contribution in [-0.4, -0.2) is 34.7 Å². The highest BCUT2D eigenvalue weighted by atomic mass is 19.1. The summed E-state index contributed by atoms with van der Waals surface area (Å²) in [6.45, 7) is 2.01. The number of methoxy groups -OCH3 is 1. The molecule has 1 unspecified atom stereocenters. The highest BCUT2D eigenvalue weighted by Gasteiger charge is 2.34. The Labute approximate surface area is 186 Å². The van der Waals surface area contributed by atoms with Gasteiger partial charge in [-0.25, -0.2) is 14.1 Å². The Morgan fingerprint density at radius 1 is 0.906 bits per heavy atom. The first-order valence-corrected chi connectivity index (χ1v) is 10.4. The fourth-order valence-electron chi connectivity index (χ4n) is 4.24. The molecule has 0 spiro atoms. The molecule has 0 aliphatic carbocycles. The van der Waals surface area contributed by atoms with Crippen LogP contribution in [0.2, 0.25) is 0 Å². The third-order valence-electron chi connectivity index (χ3n) is 5.82. The van der Waals surface area contributed by atoms with Crippen LogP contribution in [0, 0.1) is 12.7 Å². The number of hydrogen-bond acceptors (Lipinski definition) is 4. The molecule has 1 atom stereocenters. The number of benzene rings is 3. The molecule has 3 aromatic carbocycles. The van der Waals surface area contributed by atoms with Gasteiger partial charge >= 0.3 is 0 Å². The Morgan fingerprint density at radius 3 is 2.25 bits per heavy atom. The van der Waals surface area contributed by atoms with Gasteiger partial charge in [-0.15, -0.1) is 0 Å². The first-order chi connectivity index (χ1) is 15.6. The second-order valence-corrected chi connectivity index (χ2v) is 7.80. The normalized spacial score (nSPS) is 15.3. The second kappa shape index (κ2) is 7.96. The van der Waals surface area contributed by atoms with Crippen LogP contribution in [-0.2, 0) is 0 Å². The van der Waals surface area contributed by atoms with Crippen LogP contribution in [0.3, 0.4) is 0 Å². The summed E-state index contributed by atoms with van der Waals surface area (Å²) in [4.78, 5) is 7.16. The molecule has 6 heteroatoms. The summed E-state index contributed by atoms with van der Waals surface area (Å²) in [5.41, 5.74) is 4.85. The Morgan fingerprint density at radius 2 is 1.59 bits per heavy atom. The lowest BCUT2D eigenvalue weighted by Gasteiger charge is -2.35. The number of ether oxygens (including phenoxy) is 1. The molecule has 5 nitrogen and oxygen atoms in total. The molecule has 1 aromatic heterocycles. The van der Waals surface area contributed by atoms with Crippen molar-refractivity contribution in [1.82, 2.24) is 14.7 Å². The van der Waals surface area contributed by atoms with Crippen molar-refractivity contribution >= 4 is 11.7 Å². The Balaban J connectivity index is 1.74. The number of rotatable bonds is 4.